The molecule has 1 aliphatic rings. The first-order chi connectivity index (χ1) is 15.3. The summed E-state index contributed by atoms with van der Waals surface area (Å²) in [6, 6.07) is 9.96. The summed E-state index contributed by atoms with van der Waals surface area (Å²) in [5.74, 6) is 0.164. The van der Waals surface area contributed by atoms with Gasteiger partial charge in [0, 0.05) is 36.6 Å². The Hall–Kier alpha value is -3.26. The summed E-state index contributed by atoms with van der Waals surface area (Å²) < 4.78 is 10.6. The van der Waals surface area contributed by atoms with Crippen molar-refractivity contribution >= 4 is 40.7 Å². The second-order valence-electron chi connectivity index (χ2n) is 7.50. The number of amides is 3. The zero-order valence-corrected chi connectivity index (χ0v) is 19.0. The van der Waals surface area contributed by atoms with Gasteiger partial charge in [-0.15, -0.1) is 0 Å². The van der Waals surface area contributed by atoms with Crippen molar-refractivity contribution in [1.29, 1.82) is 0 Å². The molecule has 0 atom stereocenters. The number of hydrogen-bond donors (Lipinski definition) is 2. The Labute approximate surface area is 191 Å². The third kappa shape index (κ3) is 5.50. The fourth-order valence-electron chi connectivity index (χ4n) is 3.68. The molecule has 0 saturated carbocycles. The van der Waals surface area contributed by atoms with Crippen LogP contribution in [0.4, 0.5) is 11.4 Å². The van der Waals surface area contributed by atoms with E-state index in [9.17, 15) is 14.4 Å². The number of benzene rings is 2. The van der Waals surface area contributed by atoms with Gasteiger partial charge in [-0.3, -0.25) is 14.4 Å². The van der Waals surface area contributed by atoms with E-state index in [1.807, 2.05) is 0 Å². The van der Waals surface area contributed by atoms with Crippen LogP contribution < -0.4 is 20.1 Å². The number of likely N-dealkylation sites (tertiary alicyclic amines) is 1. The fourth-order valence-corrected chi connectivity index (χ4v) is 3.86. The topological polar surface area (TPSA) is 97.0 Å². The van der Waals surface area contributed by atoms with Crippen molar-refractivity contribution in [2.45, 2.75) is 19.8 Å². The van der Waals surface area contributed by atoms with Crippen molar-refractivity contribution < 1.29 is 23.9 Å². The molecule has 170 valence electrons. The molecule has 2 N–H and O–H groups in total. The van der Waals surface area contributed by atoms with Gasteiger partial charge in [0.15, 0.2) is 0 Å². The number of carbonyl (C=O) groups excluding carboxylic acids is 3. The van der Waals surface area contributed by atoms with Gasteiger partial charge in [0.05, 0.1) is 25.5 Å². The highest BCUT2D eigenvalue weighted by Crippen LogP contribution is 2.30. The average Bonchev–Trinajstić information content (AvgIpc) is 2.78. The van der Waals surface area contributed by atoms with Gasteiger partial charge in [-0.25, -0.2) is 0 Å². The molecule has 2 aromatic carbocycles. The maximum Gasteiger partial charge on any atom is 0.257 e. The molecule has 1 saturated heterocycles. The summed E-state index contributed by atoms with van der Waals surface area (Å²) in [7, 11) is 3.02. The smallest absolute Gasteiger partial charge is 0.257 e. The summed E-state index contributed by atoms with van der Waals surface area (Å²) in [5, 5.41) is 6.03. The molecule has 9 heteroatoms. The molecule has 3 amide bonds. The maximum absolute atomic E-state index is 12.9. The minimum atomic E-state index is -0.255. The van der Waals surface area contributed by atoms with Crippen molar-refractivity contribution in [3.05, 3.63) is 47.0 Å². The number of rotatable bonds is 6. The van der Waals surface area contributed by atoms with Gasteiger partial charge in [0.25, 0.3) is 5.91 Å². The standard InChI is InChI=1S/C23H26ClN3O5/c1-14(28)25-17-5-7-21(32-3)19(13-17)26-22(29)15-8-10-27(11-9-15)23(30)18-12-16(24)4-6-20(18)31-2/h4-7,12-13,15H,8-11H2,1-3H3,(H,25,28)(H,26,29). The Morgan fingerprint density at radius 2 is 1.62 bits per heavy atom. The summed E-state index contributed by atoms with van der Waals surface area (Å²) in [6.45, 7) is 2.29. The first kappa shape index (κ1) is 23.4. The predicted molar refractivity (Wildman–Crippen MR) is 123 cm³/mol. The second-order valence-corrected chi connectivity index (χ2v) is 7.93. The largest absolute Gasteiger partial charge is 0.496 e. The van der Waals surface area contributed by atoms with Gasteiger partial charge >= 0.3 is 0 Å². The van der Waals surface area contributed by atoms with Crippen LogP contribution in [-0.2, 0) is 9.59 Å². The first-order valence-corrected chi connectivity index (χ1v) is 10.6. The fraction of sp³-hybridized carbons (Fsp3) is 0.348. The molecule has 0 spiro atoms. The second kappa shape index (κ2) is 10.4. The number of methoxy groups -OCH3 is 2. The van der Waals surface area contributed by atoms with Crippen LogP contribution in [-0.4, -0.2) is 49.9 Å². The van der Waals surface area contributed by atoms with Crippen molar-refractivity contribution in [2.24, 2.45) is 5.92 Å². The molecule has 32 heavy (non-hydrogen) atoms. The van der Waals surface area contributed by atoms with Crippen LogP contribution in [0, 0.1) is 5.92 Å². The molecule has 1 aliphatic heterocycles. The molecule has 0 unspecified atom stereocenters. The molecule has 0 aliphatic carbocycles. The van der Waals surface area contributed by atoms with E-state index >= 15 is 0 Å². The van der Waals surface area contributed by atoms with E-state index in [2.05, 4.69) is 10.6 Å². The van der Waals surface area contributed by atoms with Crippen LogP contribution in [0.25, 0.3) is 0 Å². The number of piperidine rings is 1. The van der Waals surface area contributed by atoms with Gasteiger partial charge in [-0.1, -0.05) is 11.6 Å². The van der Waals surface area contributed by atoms with Gasteiger partial charge in [0.1, 0.15) is 11.5 Å². The lowest BCUT2D eigenvalue weighted by Gasteiger charge is -2.31. The third-order valence-corrected chi connectivity index (χ3v) is 5.56. The van der Waals surface area contributed by atoms with E-state index in [0.717, 1.165) is 0 Å². The lowest BCUT2D eigenvalue weighted by Crippen LogP contribution is -2.41. The Morgan fingerprint density at radius 3 is 2.25 bits per heavy atom. The first-order valence-electron chi connectivity index (χ1n) is 10.2. The minimum absolute atomic E-state index is 0.157. The lowest BCUT2D eigenvalue weighted by molar-refractivity contribution is -0.121. The van der Waals surface area contributed by atoms with E-state index in [1.54, 1.807) is 41.3 Å². The van der Waals surface area contributed by atoms with Crippen LogP contribution in [0.15, 0.2) is 36.4 Å². The van der Waals surface area contributed by atoms with E-state index < -0.39 is 0 Å². The summed E-state index contributed by atoms with van der Waals surface area (Å²) >= 11 is 6.05. The van der Waals surface area contributed by atoms with Gasteiger partial charge in [-0.2, -0.15) is 0 Å². The molecule has 3 rings (SSSR count). The number of nitrogens with zero attached hydrogens (tertiary/aromatic N) is 1. The maximum atomic E-state index is 12.9. The minimum Gasteiger partial charge on any atom is -0.496 e. The quantitative estimate of drug-likeness (QED) is 0.684. The van der Waals surface area contributed by atoms with Crippen molar-refractivity contribution in [3.8, 4) is 11.5 Å². The summed E-state index contributed by atoms with van der Waals surface area (Å²) in [5.41, 5.74) is 1.44. The number of nitrogens with one attached hydrogen (secondary N) is 2. The molecule has 8 nitrogen and oxygen atoms in total. The number of hydrogen-bond acceptors (Lipinski definition) is 5. The average molecular weight is 460 g/mol. The zero-order chi connectivity index (χ0) is 23.3. The van der Waals surface area contributed by atoms with Crippen LogP contribution in [0.1, 0.15) is 30.1 Å². The molecular weight excluding hydrogens is 434 g/mol. The van der Waals surface area contributed by atoms with Crippen molar-refractivity contribution in [1.82, 2.24) is 4.90 Å². The molecule has 1 heterocycles. The Bertz CT molecular complexity index is 1020. The van der Waals surface area contributed by atoms with Gasteiger partial charge < -0.3 is 25.0 Å². The highest BCUT2D eigenvalue weighted by Gasteiger charge is 2.29. The van der Waals surface area contributed by atoms with E-state index in [4.69, 9.17) is 21.1 Å². The summed E-state index contributed by atoms with van der Waals surface area (Å²) in [4.78, 5) is 38.8. The van der Waals surface area contributed by atoms with E-state index in [1.165, 1.54) is 21.1 Å². The van der Waals surface area contributed by atoms with E-state index in [0.29, 0.717) is 59.4 Å². The number of ether oxygens (including phenoxy) is 2. The highest BCUT2D eigenvalue weighted by molar-refractivity contribution is 6.31. The predicted octanol–water partition coefficient (Wildman–Crippen LogP) is 3.81. The van der Waals surface area contributed by atoms with Crippen LogP contribution >= 0.6 is 11.6 Å². The Morgan fingerprint density at radius 1 is 0.969 bits per heavy atom. The van der Waals surface area contributed by atoms with Crippen LogP contribution in [0.3, 0.4) is 0 Å². The van der Waals surface area contributed by atoms with Crippen molar-refractivity contribution in [3.63, 3.8) is 0 Å². The highest BCUT2D eigenvalue weighted by atomic mass is 35.5. The van der Waals surface area contributed by atoms with Gasteiger partial charge in [0.2, 0.25) is 11.8 Å². The molecule has 0 radical (unpaired) electrons. The van der Waals surface area contributed by atoms with Gasteiger partial charge in [-0.05, 0) is 49.2 Å². The Balaban J connectivity index is 1.64. The Kier molecular flexibility index (Phi) is 7.58. The lowest BCUT2D eigenvalue weighted by atomic mass is 9.95. The molecular formula is C23H26ClN3O5. The molecule has 2 aromatic rings. The summed E-state index contributed by atoms with van der Waals surface area (Å²) in [6.07, 6.45) is 1.04. The molecule has 0 aromatic heterocycles. The number of anilines is 2. The van der Waals surface area contributed by atoms with Crippen LogP contribution in [0.2, 0.25) is 5.02 Å². The normalized spacial score (nSPS) is 13.9. The van der Waals surface area contributed by atoms with E-state index in [-0.39, 0.29) is 23.6 Å². The number of halogens is 1. The zero-order valence-electron chi connectivity index (χ0n) is 18.2. The molecule has 0 bridgehead atoms. The SMILES string of the molecule is COc1ccc(NC(C)=O)cc1NC(=O)C1CCN(C(=O)c2cc(Cl)ccc2OC)CC1. The molecule has 1 fully saturated rings. The number of carbonyl (C=O) groups is 3. The van der Waals surface area contributed by atoms with Crippen LogP contribution in [0.5, 0.6) is 11.5 Å². The third-order valence-electron chi connectivity index (χ3n) is 5.32. The van der Waals surface area contributed by atoms with Crippen molar-refractivity contribution in [2.75, 3.05) is 37.9 Å². The monoisotopic (exact) mass is 459 g/mol.